The van der Waals surface area contributed by atoms with Crippen LogP contribution in [0.4, 0.5) is 5.82 Å². The van der Waals surface area contributed by atoms with Crippen LogP contribution < -0.4 is 5.32 Å². The molecule has 0 spiro atoms. The number of nitrogens with zero attached hydrogens (tertiary/aromatic N) is 2. The summed E-state index contributed by atoms with van der Waals surface area (Å²) in [5.41, 5.74) is 0.375. The maximum Gasteiger partial charge on any atom is 0.305 e. The average Bonchev–Trinajstić information content (AvgIpc) is 2.35. The highest BCUT2D eigenvalue weighted by molar-refractivity contribution is 5.69. The molecular weight excluding hydrogens is 218 g/mol. The first-order valence-corrected chi connectivity index (χ1v) is 5.53. The molecule has 0 amide bonds. The number of ether oxygens (including phenoxy) is 1. The number of rotatable bonds is 6. The number of nitrogens with one attached hydrogen (secondary N) is 1. The summed E-state index contributed by atoms with van der Waals surface area (Å²) in [6, 6.07) is 7.16. The van der Waals surface area contributed by atoms with Gasteiger partial charge in [-0.05, 0) is 25.5 Å². The molecule has 0 aliphatic rings. The van der Waals surface area contributed by atoms with E-state index in [4.69, 9.17) is 10.00 Å². The lowest BCUT2D eigenvalue weighted by atomic mass is 10.3. The molecule has 0 aromatic carbocycles. The Bertz CT molecular complexity index is 412. The van der Waals surface area contributed by atoms with Gasteiger partial charge in [-0.3, -0.25) is 4.79 Å². The van der Waals surface area contributed by atoms with E-state index >= 15 is 0 Å². The first-order valence-electron chi connectivity index (χ1n) is 5.53. The number of carbonyl (C=O) groups is 1. The maximum atomic E-state index is 11.0. The van der Waals surface area contributed by atoms with E-state index in [1.807, 2.05) is 6.07 Å². The van der Waals surface area contributed by atoms with Crippen LogP contribution >= 0.6 is 0 Å². The smallest absolute Gasteiger partial charge is 0.305 e. The molecule has 1 aromatic heterocycles. The lowest BCUT2D eigenvalue weighted by Crippen LogP contribution is -2.09. The molecule has 0 bridgehead atoms. The quantitative estimate of drug-likeness (QED) is 0.598. The molecular formula is C12H15N3O2. The topological polar surface area (TPSA) is 75.0 Å². The molecule has 0 atom stereocenters. The van der Waals surface area contributed by atoms with E-state index in [1.54, 1.807) is 25.1 Å². The van der Waals surface area contributed by atoms with Crippen molar-refractivity contribution in [3.05, 3.63) is 23.9 Å². The standard InChI is InChI=1S/C12H15N3O2/c1-2-17-12(16)7-4-8-14-11-6-3-5-10(9-13)15-11/h3,5-6H,2,4,7-8H2,1H3,(H,14,15). The van der Waals surface area contributed by atoms with Crippen LogP contribution in [0, 0.1) is 11.3 Å². The van der Waals surface area contributed by atoms with Crippen molar-refractivity contribution in [2.24, 2.45) is 0 Å². The molecule has 0 aliphatic heterocycles. The van der Waals surface area contributed by atoms with E-state index in [0.717, 1.165) is 0 Å². The summed E-state index contributed by atoms with van der Waals surface area (Å²) in [7, 11) is 0. The van der Waals surface area contributed by atoms with Crippen LogP contribution in [-0.4, -0.2) is 24.1 Å². The van der Waals surface area contributed by atoms with Crippen LogP contribution in [0.2, 0.25) is 0 Å². The van der Waals surface area contributed by atoms with E-state index in [0.29, 0.717) is 37.5 Å². The summed E-state index contributed by atoms with van der Waals surface area (Å²) in [5.74, 6) is 0.459. The maximum absolute atomic E-state index is 11.0. The number of aromatic nitrogens is 1. The van der Waals surface area contributed by atoms with E-state index in [9.17, 15) is 4.79 Å². The minimum atomic E-state index is -0.187. The average molecular weight is 233 g/mol. The Morgan fingerprint density at radius 1 is 1.59 bits per heavy atom. The second-order valence-corrected chi connectivity index (χ2v) is 3.36. The van der Waals surface area contributed by atoms with E-state index in [-0.39, 0.29) is 5.97 Å². The predicted octanol–water partition coefficient (Wildman–Crippen LogP) is 1.71. The number of nitriles is 1. The number of anilines is 1. The fourth-order valence-corrected chi connectivity index (χ4v) is 1.28. The zero-order valence-corrected chi connectivity index (χ0v) is 9.77. The molecule has 0 saturated carbocycles. The molecule has 90 valence electrons. The fraction of sp³-hybridized carbons (Fsp3) is 0.417. The van der Waals surface area contributed by atoms with Crippen molar-refractivity contribution in [3.63, 3.8) is 0 Å². The highest BCUT2D eigenvalue weighted by atomic mass is 16.5. The van der Waals surface area contributed by atoms with Gasteiger partial charge < -0.3 is 10.1 Å². The molecule has 17 heavy (non-hydrogen) atoms. The number of carbonyl (C=O) groups excluding carboxylic acids is 1. The van der Waals surface area contributed by atoms with Crippen molar-refractivity contribution >= 4 is 11.8 Å². The third-order valence-corrected chi connectivity index (χ3v) is 2.03. The molecule has 0 aliphatic carbocycles. The van der Waals surface area contributed by atoms with Crippen molar-refractivity contribution < 1.29 is 9.53 Å². The molecule has 1 rings (SSSR count). The minimum absolute atomic E-state index is 0.187. The second-order valence-electron chi connectivity index (χ2n) is 3.36. The third kappa shape index (κ3) is 4.98. The van der Waals surface area contributed by atoms with Gasteiger partial charge in [-0.2, -0.15) is 5.26 Å². The van der Waals surface area contributed by atoms with E-state index < -0.39 is 0 Å². The molecule has 5 nitrogen and oxygen atoms in total. The van der Waals surface area contributed by atoms with Crippen molar-refractivity contribution in [2.75, 3.05) is 18.5 Å². The van der Waals surface area contributed by atoms with Crippen molar-refractivity contribution in [1.82, 2.24) is 4.98 Å². The van der Waals surface area contributed by atoms with E-state index in [2.05, 4.69) is 10.3 Å². The molecule has 1 N–H and O–H groups in total. The Hall–Kier alpha value is -2.09. The molecule has 1 aromatic rings. The highest BCUT2D eigenvalue weighted by Crippen LogP contribution is 2.04. The van der Waals surface area contributed by atoms with Gasteiger partial charge in [-0.15, -0.1) is 0 Å². The van der Waals surface area contributed by atoms with Gasteiger partial charge in [-0.1, -0.05) is 6.07 Å². The molecule has 0 unspecified atom stereocenters. The molecule has 0 saturated heterocycles. The van der Waals surface area contributed by atoms with Crippen LogP contribution in [0.5, 0.6) is 0 Å². The first kappa shape index (κ1) is 13.0. The molecule has 5 heteroatoms. The van der Waals surface area contributed by atoms with Crippen LogP contribution in [0.1, 0.15) is 25.5 Å². The van der Waals surface area contributed by atoms with Gasteiger partial charge in [0, 0.05) is 13.0 Å². The van der Waals surface area contributed by atoms with Crippen LogP contribution in [0.25, 0.3) is 0 Å². The molecule has 0 radical (unpaired) electrons. The van der Waals surface area contributed by atoms with Crippen LogP contribution in [0.15, 0.2) is 18.2 Å². The molecule has 1 heterocycles. The summed E-state index contributed by atoms with van der Waals surface area (Å²) in [6.07, 6.45) is 1.07. The zero-order valence-electron chi connectivity index (χ0n) is 9.77. The van der Waals surface area contributed by atoms with Gasteiger partial charge in [0.15, 0.2) is 0 Å². The van der Waals surface area contributed by atoms with Crippen molar-refractivity contribution in [3.8, 4) is 6.07 Å². The fourth-order valence-electron chi connectivity index (χ4n) is 1.28. The first-order chi connectivity index (χ1) is 8.26. The van der Waals surface area contributed by atoms with Crippen molar-refractivity contribution in [1.29, 1.82) is 5.26 Å². The van der Waals surface area contributed by atoms with Crippen LogP contribution in [0.3, 0.4) is 0 Å². The zero-order chi connectivity index (χ0) is 12.5. The normalized spacial score (nSPS) is 9.41. The Kier molecular flexibility index (Phi) is 5.52. The number of hydrogen-bond acceptors (Lipinski definition) is 5. The Morgan fingerprint density at radius 2 is 2.41 bits per heavy atom. The SMILES string of the molecule is CCOC(=O)CCCNc1cccc(C#N)n1. The summed E-state index contributed by atoms with van der Waals surface area (Å²) in [5, 5.41) is 11.7. The summed E-state index contributed by atoms with van der Waals surface area (Å²) in [6.45, 7) is 2.83. The Balaban J connectivity index is 2.27. The van der Waals surface area contributed by atoms with Gasteiger partial charge in [0.2, 0.25) is 0 Å². The van der Waals surface area contributed by atoms with Gasteiger partial charge in [0.1, 0.15) is 17.6 Å². The lowest BCUT2D eigenvalue weighted by molar-refractivity contribution is -0.143. The summed E-state index contributed by atoms with van der Waals surface area (Å²) >= 11 is 0. The largest absolute Gasteiger partial charge is 0.466 e. The Morgan fingerprint density at radius 3 is 3.12 bits per heavy atom. The lowest BCUT2D eigenvalue weighted by Gasteiger charge is -2.05. The number of esters is 1. The van der Waals surface area contributed by atoms with Crippen molar-refractivity contribution in [2.45, 2.75) is 19.8 Å². The van der Waals surface area contributed by atoms with Crippen LogP contribution in [-0.2, 0) is 9.53 Å². The van der Waals surface area contributed by atoms with E-state index in [1.165, 1.54) is 0 Å². The molecule has 0 fully saturated rings. The van der Waals surface area contributed by atoms with Gasteiger partial charge in [-0.25, -0.2) is 4.98 Å². The monoisotopic (exact) mass is 233 g/mol. The highest BCUT2D eigenvalue weighted by Gasteiger charge is 2.01. The Labute approximate surface area is 100 Å². The second kappa shape index (κ2) is 7.23. The number of pyridine rings is 1. The third-order valence-electron chi connectivity index (χ3n) is 2.03. The number of hydrogen-bond donors (Lipinski definition) is 1. The van der Waals surface area contributed by atoms with Gasteiger partial charge >= 0.3 is 5.97 Å². The van der Waals surface area contributed by atoms with Gasteiger partial charge in [0.25, 0.3) is 0 Å². The summed E-state index contributed by atoms with van der Waals surface area (Å²) < 4.78 is 4.81. The predicted molar refractivity (Wildman–Crippen MR) is 63.3 cm³/mol. The summed E-state index contributed by atoms with van der Waals surface area (Å²) in [4.78, 5) is 15.1. The van der Waals surface area contributed by atoms with Gasteiger partial charge in [0.05, 0.1) is 6.61 Å². The minimum Gasteiger partial charge on any atom is -0.466 e.